The number of nitrogens with zero attached hydrogens (tertiary/aromatic N) is 5. The number of ether oxygens (including phenoxy) is 2. The summed E-state index contributed by atoms with van der Waals surface area (Å²) in [6.45, 7) is 2.95. The van der Waals surface area contributed by atoms with Crippen LogP contribution < -0.4 is 11.1 Å². The molecule has 4 aliphatic heterocycles. The smallest absolute Gasteiger partial charge is 0.450 e. The molecule has 67 heavy (non-hydrogen) atoms. The molecule has 1 aromatic heterocycles. The van der Waals surface area contributed by atoms with Gasteiger partial charge in [0.05, 0.1) is 6.61 Å². The topological polar surface area (TPSA) is 203 Å². The van der Waals surface area contributed by atoms with Crippen molar-refractivity contribution in [3.05, 3.63) is 142 Å². The van der Waals surface area contributed by atoms with Crippen LogP contribution in [0.3, 0.4) is 0 Å². The molecule has 3 N–H and O–H groups in total. The Morgan fingerprint density at radius 3 is 2.04 bits per heavy atom. The van der Waals surface area contributed by atoms with Gasteiger partial charge in [0.2, 0.25) is 11.5 Å². The number of nitrogen functional groups attached to an aromatic ring is 1. The molecule has 0 aliphatic carbocycles. The average molecular weight is 958 g/mol. The number of nitrogens with two attached hydrogens (primary N) is 1. The first kappa shape index (κ1) is 46.5. The molecular weight excluding hydrogens is 916 g/mol. The number of nitrogens with one attached hydrogen (secondary N) is 1. The number of thiazole rings is 1. The molecule has 0 bridgehead atoms. The monoisotopic (exact) mass is 957 g/mol. The van der Waals surface area contributed by atoms with E-state index in [1.165, 1.54) is 11.5 Å². The number of alkyl halides is 3. The molecule has 3 saturated heterocycles. The summed E-state index contributed by atoms with van der Waals surface area (Å²) in [5.74, 6) is -6.96. The first-order chi connectivity index (χ1) is 32.2. The van der Waals surface area contributed by atoms with Crippen LogP contribution in [0.5, 0.6) is 0 Å². The Morgan fingerprint density at radius 1 is 0.910 bits per heavy atom. The maximum atomic E-state index is 14.4. The molecule has 16 nitrogen and oxygen atoms in total. The predicted molar refractivity (Wildman–Crippen MR) is 239 cm³/mol. The lowest BCUT2D eigenvalue weighted by Crippen LogP contribution is -2.71. The van der Waals surface area contributed by atoms with Gasteiger partial charge in [-0.25, -0.2) is 19.4 Å². The first-order valence-electron chi connectivity index (χ1n) is 21.1. The number of carbonyl (C=O) groups is 6. The molecule has 4 aromatic rings. The third kappa shape index (κ3) is 9.37. The summed E-state index contributed by atoms with van der Waals surface area (Å²) in [5.41, 5.74) is 5.66. The van der Waals surface area contributed by atoms with Crippen molar-refractivity contribution in [2.45, 2.75) is 55.4 Å². The van der Waals surface area contributed by atoms with E-state index in [2.05, 4.69) is 20.2 Å². The molecule has 0 saturated carbocycles. The number of β-lactam (4-membered cyclic amide) rings is 1. The van der Waals surface area contributed by atoms with Crippen molar-refractivity contribution in [2.75, 3.05) is 37.7 Å². The van der Waals surface area contributed by atoms with E-state index in [1.54, 1.807) is 16.7 Å². The molecule has 3 aromatic carbocycles. The number of rotatable bonds is 12. The van der Waals surface area contributed by atoms with E-state index in [9.17, 15) is 41.9 Å². The minimum atomic E-state index is -5.55. The van der Waals surface area contributed by atoms with E-state index in [4.69, 9.17) is 15.3 Å². The van der Waals surface area contributed by atoms with Crippen LogP contribution in [0.25, 0.3) is 0 Å². The van der Waals surface area contributed by atoms with E-state index in [0.29, 0.717) is 49.2 Å². The number of likely N-dealkylation sites (tertiary alicyclic amines) is 2. The van der Waals surface area contributed by atoms with Crippen molar-refractivity contribution >= 4 is 69.7 Å². The van der Waals surface area contributed by atoms with E-state index in [-0.39, 0.29) is 58.4 Å². The van der Waals surface area contributed by atoms with E-state index in [0.717, 1.165) is 28.0 Å². The van der Waals surface area contributed by atoms with Crippen molar-refractivity contribution in [3.8, 4) is 0 Å². The van der Waals surface area contributed by atoms with Gasteiger partial charge in [0.1, 0.15) is 22.8 Å². The van der Waals surface area contributed by atoms with Crippen LogP contribution in [0.4, 0.5) is 23.1 Å². The zero-order valence-electron chi connectivity index (χ0n) is 35.6. The van der Waals surface area contributed by atoms with E-state index in [1.807, 2.05) is 91.0 Å². The van der Waals surface area contributed by atoms with Crippen molar-refractivity contribution in [1.82, 2.24) is 25.0 Å². The number of piperidine rings is 1. The van der Waals surface area contributed by atoms with Crippen molar-refractivity contribution < 1.29 is 56.2 Å². The van der Waals surface area contributed by atoms with Crippen molar-refractivity contribution in [2.24, 2.45) is 5.16 Å². The Morgan fingerprint density at radius 2 is 1.51 bits per heavy atom. The Balaban J connectivity index is 1.08. The summed E-state index contributed by atoms with van der Waals surface area (Å²) < 4.78 is 49.5. The predicted octanol–water partition coefficient (Wildman–Crippen LogP) is 5.50. The molecule has 348 valence electrons. The highest BCUT2D eigenvalue weighted by atomic mass is 32.2. The third-order valence-electron chi connectivity index (χ3n) is 11.6. The fourth-order valence-corrected chi connectivity index (χ4v) is 10.3. The van der Waals surface area contributed by atoms with E-state index < -0.39 is 58.7 Å². The number of oxime groups is 1. The van der Waals surface area contributed by atoms with Crippen LogP contribution in [0.1, 0.15) is 48.6 Å². The molecular formula is C46H42F3N7O9S2. The highest BCUT2D eigenvalue weighted by Gasteiger charge is 2.56. The van der Waals surface area contributed by atoms with Gasteiger partial charge < -0.3 is 35.2 Å². The normalized spacial score (nSPS) is 19.8. The maximum Gasteiger partial charge on any atom is 0.491 e. The lowest BCUT2D eigenvalue weighted by molar-refractivity contribution is -0.201. The van der Waals surface area contributed by atoms with Gasteiger partial charge >= 0.3 is 24.2 Å². The zero-order valence-corrected chi connectivity index (χ0v) is 37.3. The van der Waals surface area contributed by atoms with Gasteiger partial charge in [-0.05, 0) is 37.8 Å². The summed E-state index contributed by atoms with van der Waals surface area (Å²) in [7, 11) is 0. The Kier molecular flexibility index (Phi) is 13.5. The summed E-state index contributed by atoms with van der Waals surface area (Å²) in [5, 5.41) is 7.58. The van der Waals surface area contributed by atoms with Crippen LogP contribution in [-0.2, 0) is 43.9 Å². The fourth-order valence-electron chi connectivity index (χ4n) is 8.44. The van der Waals surface area contributed by atoms with Crippen molar-refractivity contribution in [3.63, 3.8) is 0 Å². The quantitative estimate of drug-likeness (QED) is 0.0344. The highest BCUT2D eigenvalue weighted by molar-refractivity contribution is 8.00. The van der Waals surface area contributed by atoms with Crippen LogP contribution >= 0.6 is 23.1 Å². The van der Waals surface area contributed by atoms with Crippen LogP contribution in [0.15, 0.2) is 124 Å². The number of esters is 2. The SMILES string of the molecule is CCOC(=O)N1CCC(N2CC/C(=C\C3=C(C(=O)OC(=O)C(F)(F)F)N4C(=O)[C@@H](NC(=O)/C(=N\OC(c5ccccc5)(c5ccccc5)c5ccccc5)c5csc(N)n5)[C@H]4SC3)C2=O)CC1. The van der Waals surface area contributed by atoms with Gasteiger partial charge in [0, 0.05) is 59.1 Å². The standard InChI is InChI=1S/C46H42F3N7O9S2/c1-2-63-44(62)54-21-19-32(20-22-54)55-23-18-27(38(55)58)24-28-25-66-40-35(39(59)56(40)36(28)41(60)64-42(61)46(47,48)49)52-37(57)34(33-26-67-43(50)51-33)53-65-45(29-12-6-3-7-13-29,30-14-8-4-9-15-30)31-16-10-5-11-17-31/h3-17,24,26,32,35,40H,2,18-23,25H2,1H3,(H2,50,51)(H,52,57)/b27-24+,53-34-/t35-,40-/m1/s1. The summed E-state index contributed by atoms with van der Waals surface area (Å²) in [6, 6.07) is 26.0. The minimum absolute atomic E-state index is 0.00609. The molecule has 4 aliphatic rings. The number of hydrogen-bond acceptors (Lipinski definition) is 14. The van der Waals surface area contributed by atoms with Gasteiger partial charge in [-0.2, -0.15) is 13.2 Å². The Hall–Kier alpha value is -7.00. The molecule has 2 atom stereocenters. The number of fused-ring (bicyclic) bond motifs is 1. The molecule has 3 fully saturated rings. The van der Waals surface area contributed by atoms with Crippen molar-refractivity contribution in [1.29, 1.82) is 0 Å². The summed E-state index contributed by atoms with van der Waals surface area (Å²) in [6.07, 6.45) is -3.50. The van der Waals surface area contributed by atoms with Gasteiger partial charge in [0.25, 0.3) is 11.8 Å². The molecule has 5 heterocycles. The van der Waals surface area contributed by atoms with Gasteiger partial charge in [0.15, 0.2) is 10.8 Å². The lowest BCUT2D eigenvalue weighted by Gasteiger charge is -2.49. The highest BCUT2D eigenvalue weighted by Crippen LogP contribution is 2.43. The number of amides is 4. The summed E-state index contributed by atoms with van der Waals surface area (Å²) in [4.78, 5) is 94.9. The number of halogens is 3. The number of thioether (sulfide) groups is 1. The van der Waals surface area contributed by atoms with Crippen LogP contribution in [0, 0.1) is 0 Å². The van der Waals surface area contributed by atoms with Crippen LogP contribution in [0.2, 0.25) is 0 Å². The Labute approximate surface area is 389 Å². The molecule has 4 amide bonds. The molecule has 21 heteroatoms. The molecule has 0 radical (unpaired) electrons. The second kappa shape index (κ2) is 19.5. The molecule has 8 rings (SSSR count). The number of allylic oxidation sites excluding steroid dienone is 1. The number of benzene rings is 3. The lowest BCUT2D eigenvalue weighted by atomic mass is 9.80. The largest absolute Gasteiger partial charge is 0.491 e. The second-order valence-electron chi connectivity index (χ2n) is 15.6. The minimum Gasteiger partial charge on any atom is -0.450 e. The fraction of sp³-hybridized carbons (Fsp3) is 0.304. The molecule has 0 spiro atoms. The maximum absolute atomic E-state index is 14.4. The molecule has 0 unspecified atom stereocenters. The second-order valence-corrected chi connectivity index (χ2v) is 17.6. The Bertz CT molecular complexity index is 2560. The van der Waals surface area contributed by atoms with E-state index >= 15 is 0 Å². The average Bonchev–Trinajstić information content (AvgIpc) is 3.93. The summed E-state index contributed by atoms with van der Waals surface area (Å²) >= 11 is 2.07. The van der Waals surface area contributed by atoms with Gasteiger partial charge in [-0.3, -0.25) is 19.3 Å². The number of anilines is 1. The first-order valence-corrected chi connectivity index (χ1v) is 23.0. The van der Waals surface area contributed by atoms with Gasteiger partial charge in [-0.1, -0.05) is 96.2 Å². The number of hydrogen-bond donors (Lipinski definition) is 2. The number of aromatic nitrogens is 1. The zero-order chi connectivity index (χ0) is 47.5. The number of carbonyl (C=O) groups excluding carboxylic acids is 6. The van der Waals surface area contributed by atoms with Crippen LogP contribution in [-0.4, -0.2) is 117 Å². The third-order valence-corrected chi connectivity index (χ3v) is 13.6. The van der Waals surface area contributed by atoms with Gasteiger partial charge in [-0.15, -0.1) is 23.1 Å².